The second kappa shape index (κ2) is 4.46. The Labute approximate surface area is 150 Å². The number of hydrogen-bond acceptors (Lipinski definition) is 7. The highest BCUT2D eigenvalue weighted by Crippen LogP contribution is 2.70. The normalized spacial score (nSPS) is 57.4. The highest BCUT2D eigenvalue weighted by Gasteiger charge is 2.83. The van der Waals surface area contributed by atoms with Crippen LogP contribution >= 0.6 is 0 Å². The third-order valence-electron chi connectivity index (χ3n) is 8.07. The summed E-state index contributed by atoms with van der Waals surface area (Å²) in [5.41, 5.74) is -2.66. The lowest BCUT2D eigenvalue weighted by atomic mass is 9.40. The lowest BCUT2D eigenvalue weighted by Crippen LogP contribution is -2.72. The van der Waals surface area contributed by atoms with E-state index in [9.17, 15) is 24.6 Å². The molecular formula is C19H22O7. The van der Waals surface area contributed by atoms with Crippen LogP contribution in [0.25, 0.3) is 0 Å². The average Bonchev–Trinajstić information content (AvgIpc) is 2.94. The van der Waals surface area contributed by atoms with Gasteiger partial charge in [-0.2, -0.15) is 0 Å². The SMILES string of the molecule is CC1=CC(=O)[C@@H](O)[C@]2(C)[C@H]3[C@@H](O)C4OC(=O)C5[C@]4(C)OC[C@]53C(=O)C[C@@H]12. The Morgan fingerprint density at radius 2 is 1.88 bits per heavy atom. The number of allylic oxidation sites excluding steroid dienone is 1. The second-order valence-corrected chi connectivity index (χ2v) is 9.01. The summed E-state index contributed by atoms with van der Waals surface area (Å²) in [6.45, 7) is 5.24. The molecule has 0 aromatic heterocycles. The maximum Gasteiger partial charge on any atom is 0.313 e. The number of ether oxygens (including phenoxy) is 2. The van der Waals surface area contributed by atoms with Crippen molar-refractivity contribution in [1.29, 1.82) is 0 Å². The molecular weight excluding hydrogens is 340 g/mol. The van der Waals surface area contributed by atoms with Crippen molar-refractivity contribution in [3.05, 3.63) is 11.6 Å². The first-order valence-corrected chi connectivity index (χ1v) is 9.06. The molecule has 2 heterocycles. The summed E-state index contributed by atoms with van der Waals surface area (Å²) in [7, 11) is 0. The van der Waals surface area contributed by atoms with Crippen LogP contribution in [0, 0.1) is 28.6 Å². The molecule has 2 saturated carbocycles. The fraction of sp³-hybridized carbons (Fsp3) is 0.737. The molecule has 4 bridgehead atoms. The largest absolute Gasteiger partial charge is 0.456 e. The zero-order chi connectivity index (χ0) is 18.8. The molecule has 0 aromatic rings. The Balaban J connectivity index is 1.78. The summed E-state index contributed by atoms with van der Waals surface area (Å²) < 4.78 is 11.4. The van der Waals surface area contributed by atoms with E-state index in [2.05, 4.69) is 0 Å². The van der Waals surface area contributed by atoms with Crippen molar-refractivity contribution in [1.82, 2.24) is 0 Å². The van der Waals surface area contributed by atoms with Crippen LogP contribution in [-0.4, -0.2) is 58.3 Å². The van der Waals surface area contributed by atoms with Gasteiger partial charge < -0.3 is 19.7 Å². The molecule has 0 radical (unpaired) electrons. The van der Waals surface area contributed by atoms with Gasteiger partial charge in [-0.15, -0.1) is 0 Å². The van der Waals surface area contributed by atoms with Crippen molar-refractivity contribution in [3.63, 3.8) is 0 Å². The van der Waals surface area contributed by atoms with E-state index in [4.69, 9.17) is 9.47 Å². The third-order valence-corrected chi connectivity index (χ3v) is 8.07. The highest BCUT2D eigenvalue weighted by molar-refractivity contribution is 5.99. The van der Waals surface area contributed by atoms with E-state index in [1.54, 1.807) is 20.8 Å². The van der Waals surface area contributed by atoms with Gasteiger partial charge in [0.1, 0.15) is 23.4 Å². The van der Waals surface area contributed by atoms with Gasteiger partial charge in [0.2, 0.25) is 0 Å². The van der Waals surface area contributed by atoms with Gasteiger partial charge in [-0.05, 0) is 25.8 Å². The summed E-state index contributed by atoms with van der Waals surface area (Å²) in [5, 5.41) is 22.1. The molecule has 2 saturated heterocycles. The molecule has 26 heavy (non-hydrogen) atoms. The first-order valence-electron chi connectivity index (χ1n) is 9.06. The summed E-state index contributed by atoms with van der Waals surface area (Å²) in [6, 6.07) is 0. The molecule has 0 amide bonds. The number of Topliss-reactive ketones (excluding diaryl/α,β-unsaturated/α-hetero) is 1. The first kappa shape index (κ1) is 16.6. The number of carbonyl (C=O) groups is 3. The molecule has 3 aliphatic carbocycles. The van der Waals surface area contributed by atoms with Crippen molar-refractivity contribution in [2.24, 2.45) is 28.6 Å². The summed E-state index contributed by atoms with van der Waals surface area (Å²) in [5.74, 6) is -3.08. The number of hydrogen-bond donors (Lipinski definition) is 2. The van der Waals surface area contributed by atoms with Crippen LogP contribution in [0.4, 0.5) is 0 Å². The quantitative estimate of drug-likeness (QED) is 0.573. The summed E-state index contributed by atoms with van der Waals surface area (Å²) in [4.78, 5) is 38.4. The van der Waals surface area contributed by atoms with Gasteiger partial charge in [0.25, 0.3) is 0 Å². The zero-order valence-corrected chi connectivity index (χ0v) is 14.9. The van der Waals surface area contributed by atoms with Crippen molar-refractivity contribution >= 4 is 17.5 Å². The Bertz CT molecular complexity index is 802. The Morgan fingerprint density at radius 3 is 2.58 bits per heavy atom. The Kier molecular flexibility index (Phi) is 2.84. The summed E-state index contributed by atoms with van der Waals surface area (Å²) >= 11 is 0. The van der Waals surface area contributed by atoms with Crippen molar-refractivity contribution < 1.29 is 34.1 Å². The smallest absolute Gasteiger partial charge is 0.313 e. The second-order valence-electron chi connectivity index (χ2n) is 9.01. The maximum absolute atomic E-state index is 13.4. The fourth-order valence-corrected chi connectivity index (χ4v) is 6.98. The molecule has 2 aliphatic heterocycles. The number of esters is 1. The van der Waals surface area contributed by atoms with Crippen LogP contribution in [0.2, 0.25) is 0 Å². The van der Waals surface area contributed by atoms with E-state index in [1.165, 1.54) is 6.08 Å². The first-order chi connectivity index (χ1) is 12.1. The van der Waals surface area contributed by atoms with E-state index in [0.29, 0.717) is 0 Å². The molecule has 9 atom stereocenters. The Morgan fingerprint density at radius 1 is 1.19 bits per heavy atom. The number of aliphatic hydroxyl groups is 2. The third kappa shape index (κ3) is 1.41. The minimum absolute atomic E-state index is 0.00626. The molecule has 0 aromatic carbocycles. The highest BCUT2D eigenvalue weighted by atomic mass is 16.6. The summed E-state index contributed by atoms with van der Waals surface area (Å²) in [6.07, 6.45) is -1.93. The molecule has 140 valence electrons. The lowest BCUT2D eigenvalue weighted by molar-refractivity contribution is -0.204. The number of fused-ring (bicyclic) bond motifs is 2. The van der Waals surface area contributed by atoms with E-state index in [1.807, 2.05) is 0 Å². The van der Waals surface area contributed by atoms with Gasteiger partial charge in [-0.1, -0.05) is 12.5 Å². The average molecular weight is 362 g/mol. The van der Waals surface area contributed by atoms with Crippen LogP contribution in [0.5, 0.6) is 0 Å². The van der Waals surface area contributed by atoms with Gasteiger partial charge in [0.15, 0.2) is 11.9 Å². The predicted molar refractivity (Wildman–Crippen MR) is 85.6 cm³/mol. The maximum atomic E-state index is 13.4. The molecule has 5 rings (SSSR count). The molecule has 5 aliphatic rings. The minimum Gasteiger partial charge on any atom is -0.456 e. The van der Waals surface area contributed by atoms with E-state index in [-0.39, 0.29) is 24.7 Å². The molecule has 4 fully saturated rings. The van der Waals surface area contributed by atoms with Gasteiger partial charge in [-0.25, -0.2) is 0 Å². The van der Waals surface area contributed by atoms with Crippen molar-refractivity contribution in [2.75, 3.05) is 6.61 Å². The molecule has 1 spiro atoms. The van der Waals surface area contributed by atoms with Gasteiger partial charge >= 0.3 is 5.97 Å². The van der Waals surface area contributed by atoms with Gasteiger partial charge in [0, 0.05) is 17.8 Å². The topological polar surface area (TPSA) is 110 Å². The minimum atomic E-state index is -1.35. The van der Waals surface area contributed by atoms with Crippen molar-refractivity contribution in [3.8, 4) is 0 Å². The van der Waals surface area contributed by atoms with Crippen LogP contribution in [0.3, 0.4) is 0 Å². The molecule has 7 heteroatoms. The monoisotopic (exact) mass is 362 g/mol. The van der Waals surface area contributed by atoms with Crippen molar-refractivity contribution in [2.45, 2.75) is 51.1 Å². The standard InChI is InChI=1S/C19H22O7/c1-7-4-9(20)14(23)17(2)8(7)5-10(21)19-6-25-18(3)13(19)16(24)26-15(18)11(22)12(17)19/h4,8,11-15,22-23H,5-6H2,1-3H3/t8-,11+,12+,13?,14+,15?,17-,18-,19+/m0/s1. The number of rotatable bonds is 0. The molecule has 2 unspecified atom stereocenters. The molecule has 2 N–H and O–H groups in total. The van der Waals surface area contributed by atoms with Gasteiger partial charge in [0.05, 0.1) is 18.1 Å². The van der Waals surface area contributed by atoms with E-state index in [0.717, 1.165) is 5.57 Å². The molecule has 7 nitrogen and oxygen atoms in total. The van der Waals surface area contributed by atoms with E-state index < -0.39 is 58.3 Å². The number of carbonyl (C=O) groups excluding carboxylic acids is 3. The predicted octanol–water partition coefficient (Wildman–Crippen LogP) is -0.221. The van der Waals surface area contributed by atoms with Gasteiger partial charge in [-0.3, -0.25) is 14.4 Å². The zero-order valence-electron chi connectivity index (χ0n) is 14.9. The Hall–Kier alpha value is -1.57. The van der Waals surface area contributed by atoms with Crippen LogP contribution in [0.1, 0.15) is 27.2 Å². The van der Waals surface area contributed by atoms with E-state index >= 15 is 0 Å². The number of ketones is 2. The van der Waals surface area contributed by atoms with Crippen LogP contribution in [0.15, 0.2) is 11.6 Å². The van der Waals surface area contributed by atoms with Crippen LogP contribution < -0.4 is 0 Å². The van der Waals surface area contributed by atoms with Crippen LogP contribution in [-0.2, 0) is 23.9 Å². The number of aliphatic hydroxyl groups excluding tert-OH is 2. The fourth-order valence-electron chi connectivity index (χ4n) is 6.98. The lowest BCUT2D eigenvalue weighted by Gasteiger charge is -2.61.